The molecule has 0 aliphatic carbocycles. The van der Waals surface area contributed by atoms with Crippen molar-refractivity contribution in [2.75, 3.05) is 13.1 Å². The van der Waals surface area contributed by atoms with Crippen LogP contribution in [0.3, 0.4) is 0 Å². The van der Waals surface area contributed by atoms with Crippen molar-refractivity contribution in [2.45, 2.75) is 52.6 Å². The number of halogens is 1. The predicted molar refractivity (Wildman–Crippen MR) is 104 cm³/mol. The molecular weight excluding hydrogens is 414 g/mol. The second kappa shape index (κ2) is 8.42. The van der Waals surface area contributed by atoms with Crippen LogP contribution >= 0.6 is 15.9 Å². The number of ether oxygens (including phenoxy) is 2. The molecule has 1 heterocycles. The molecule has 1 amide bonds. The van der Waals surface area contributed by atoms with Crippen LogP contribution in [0.25, 0.3) is 0 Å². The minimum Gasteiger partial charge on any atom is -0.444 e. The molecule has 1 fully saturated rings. The number of nitrogens with zero attached hydrogens (tertiary/aromatic N) is 1. The molecule has 0 aromatic heterocycles. The van der Waals surface area contributed by atoms with Crippen LogP contribution in [0.2, 0.25) is 0 Å². The topological polar surface area (TPSA) is 72.9 Å². The zero-order valence-corrected chi connectivity index (χ0v) is 17.8. The highest BCUT2D eigenvalue weighted by Gasteiger charge is 2.43. The van der Waals surface area contributed by atoms with Gasteiger partial charge in [0.05, 0.1) is 11.0 Å². The molecule has 0 bridgehead atoms. The number of likely N-dealkylation sites (tertiary alicyclic amines) is 1. The van der Waals surface area contributed by atoms with E-state index in [-0.39, 0.29) is 6.09 Å². The predicted octanol–water partition coefficient (Wildman–Crippen LogP) is 4.56. The van der Waals surface area contributed by atoms with Gasteiger partial charge in [0.1, 0.15) is 5.60 Å². The Morgan fingerprint density at radius 3 is 2.26 bits per heavy atom. The smallest absolute Gasteiger partial charge is 0.410 e. The zero-order chi connectivity index (χ0) is 20.2. The molecule has 0 atom stereocenters. The molecule has 0 radical (unpaired) electrons. The fourth-order valence-corrected chi connectivity index (χ4v) is 3.47. The normalized spacial score (nSPS) is 16.6. The first-order valence-corrected chi connectivity index (χ1v) is 9.86. The highest BCUT2D eigenvalue weighted by Crippen LogP contribution is 2.37. The van der Waals surface area contributed by atoms with E-state index in [4.69, 9.17) is 9.47 Å². The van der Waals surface area contributed by atoms with Crippen LogP contribution in [-0.4, -0.2) is 41.6 Å². The third kappa shape index (κ3) is 5.31. The van der Waals surface area contributed by atoms with Crippen LogP contribution < -0.4 is 0 Å². The summed E-state index contributed by atoms with van der Waals surface area (Å²) in [5, 5.41) is 0. The van der Waals surface area contributed by atoms with Crippen LogP contribution in [0, 0.1) is 5.41 Å². The van der Waals surface area contributed by atoms with Gasteiger partial charge < -0.3 is 14.4 Å². The van der Waals surface area contributed by atoms with E-state index in [1.807, 2.05) is 27.7 Å². The van der Waals surface area contributed by atoms with Gasteiger partial charge in [-0.15, -0.1) is 0 Å². The van der Waals surface area contributed by atoms with Gasteiger partial charge in [-0.1, -0.05) is 19.1 Å². The zero-order valence-electron chi connectivity index (χ0n) is 16.2. The standard InChI is InChI=1S/C20H26BrNO5/c1-5-20(10-12-22(13-11-20)18(25)27-19(2,3)4)17(24)26-16(23)14-8-6-7-9-15(14)21/h6-9H,5,10-13H2,1-4H3. The van der Waals surface area contributed by atoms with Crippen LogP contribution in [0.1, 0.15) is 57.3 Å². The Hall–Kier alpha value is -1.89. The summed E-state index contributed by atoms with van der Waals surface area (Å²) in [6.07, 6.45) is 1.03. The van der Waals surface area contributed by atoms with Crippen molar-refractivity contribution < 1.29 is 23.9 Å². The van der Waals surface area contributed by atoms with E-state index in [0.29, 0.717) is 42.4 Å². The third-order valence-electron chi connectivity index (χ3n) is 4.76. The molecule has 0 N–H and O–H groups in total. The lowest BCUT2D eigenvalue weighted by molar-refractivity contribution is -0.153. The van der Waals surface area contributed by atoms with E-state index in [1.54, 1.807) is 29.2 Å². The van der Waals surface area contributed by atoms with Crippen LogP contribution in [-0.2, 0) is 14.3 Å². The van der Waals surface area contributed by atoms with Gasteiger partial charge in [-0.05, 0) is 68.1 Å². The van der Waals surface area contributed by atoms with Crippen molar-refractivity contribution in [3.05, 3.63) is 34.3 Å². The molecule has 1 aromatic carbocycles. The van der Waals surface area contributed by atoms with Gasteiger partial charge in [0, 0.05) is 17.6 Å². The maximum absolute atomic E-state index is 12.8. The van der Waals surface area contributed by atoms with Crippen molar-refractivity contribution in [2.24, 2.45) is 5.41 Å². The van der Waals surface area contributed by atoms with Crippen molar-refractivity contribution >= 4 is 34.0 Å². The summed E-state index contributed by atoms with van der Waals surface area (Å²) < 4.78 is 11.1. The van der Waals surface area contributed by atoms with Gasteiger partial charge in [-0.25, -0.2) is 9.59 Å². The Labute approximate surface area is 168 Å². The largest absolute Gasteiger partial charge is 0.444 e. The van der Waals surface area contributed by atoms with Crippen molar-refractivity contribution in [3.63, 3.8) is 0 Å². The number of esters is 2. The Bertz CT molecular complexity index is 717. The highest BCUT2D eigenvalue weighted by atomic mass is 79.9. The molecule has 2 rings (SSSR count). The number of amides is 1. The van der Waals surface area contributed by atoms with E-state index >= 15 is 0 Å². The van der Waals surface area contributed by atoms with Crippen molar-refractivity contribution in [3.8, 4) is 0 Å². The van der Waals surface area contributed by atoms with Gasteiger partial charge in [-0.3, -0.25) is 4.79 Å². The average Bonchev–Trinajstić information content (AvgIpc) is 2.60. The molecule has 6 nitrogen and oxygen atoms in total. The number of piperidine rings is 1. The molecule has 1 aliphatic heterocycles. The van der Waals surface area contributed by atoms with Gasteiger partial charge in [-0.2, -0.15) is 0 Å². The first-order valence-electron chi connectivity index (χ1n) is 9.07. The maximum atomic E-state index is 12.8. The average molecular weight is 440 g/mol. The molecule has 1 aliphatic rings. The first kappa shape index (κ1) is 21.4. The summed E-state index contributed by atoms with van der Waals surface area (Å²) in [5.74, 6) is -1.20. The Kier molecular flexibility index (Phi) is 6.68. The van der Waals surface area contributed by atoms with Gasteiger partial charge in [0.25, 0.3) is 0 Å². The van der Waals surface area contributed by atoms with E-state index in [9.17, 15) is 14.4 Å². The van der Waals surface area contributed by atoms with Crippen molar-refractivity contribution in [1.82, 2.24) is 4.90 Å². The Morgan fingerprint density at radius 2 is 1.74 bits per heavy atom. The third-order valence-corrected chi connectivity index (χ3v) is 5.45. The van der Waals surface area contributed by atoms with E-state index in [1.165, 1.54) is 0 Å². The molecule has 7 heteroatoms. The van der Waals surface area contributed by atoms with E-state index in [0.717, 1.165) is 0 Å². The van der Waals surface area contributed by atoms with E-state index < -0.39 is 23.0 Å². The number of hydrogen-bond acceptors (Lipinski definition) is 5. The SMILES string of the molecule is CCC1(C(=O)OC(=O)c2ccccc2Br)CCN(C(=O)OC(C)(C)C)CC1. The second-order valence-electron chi connectivity index (χ2n) is 7.76. The Balaban J connectivity index is 2.02. The van der Waals surface area contributed by atoms with Crippen LogP contribution in [0.4, 0.5) is 4.79 Å². The summed E-state index contributed by atoms with van der Waals surface area (Å²) in [5.41, 5.74) is -1.02. The molecule has 27 heavy (non-hydrogen) atoms. The lowest BCUT2D eigenvalue weighted by Gasteiger charge is -2.39. The molecular formula is C20H26BrNO5. The van der Waals surface area contributed by atoms with Crippen molar-refractivity contribution in [1.29, 1.82) is 0 Å². The molecule has 148 valence electrons. The minimum atomic E-state index is -0.768. The van der Waals surface area contributed by atoms with Gasteiger partial charge in [0.15, 0.2) is 0 Å². The quantitative estimate of drug-likeness (QED) is 0.509. The number of rotatable bonds is 3. The van der Waals surface area contributed by atoms with E-state index in [2.05, 4.69) is 15.9 Å². The monoisotopic (exact) mass is 439 g/mol. The highest BCUT2D eigenvalue weighted by molar-refractivity contribution is 9.10. The lowest BCUT2D eigenvalue weighted by atomic mass is 9.76. The molecule has 0 spiro atoms. The van der Waals surface area contributed by atoms with Gasteiger partial charge >= 0.3 is 18.0 Å². The summed E-state index contributed by atoms with van der Waals surface area (Å²) in [4.78, 5) is 38.9. The first-order chi connectivity index (χ1) is 12.6. The number of carbonyl (C=O) groups is 3. The second-order valence-corrected chi connectivity index (χ2v) is 8.61. The number of hydrogen-bond donors (Lipinski definition) is 0. The molecule has 1 saturated heterocycles. The fraction of sp³-hybridized carbons (Fsp3) is 0.550. The molecule has 1 aromatic rings. The summed E-state index contributed by atoms with van der Waals surface area (Å²) >= 11 is 3.29. The Morgan fingerprint density at radius 1 is 1.15 bits per heavy atom. The van der Waals surface area contributed by atoms with Gasteiger partial charge in [0.2, 0.25) is 0 Å². The minimum absolute atomic E-state index is 0.309. The number of carbonyl (C=O) groups excluding carboxylic acids is 3. The van der Waals surface area contributed by atoms with Crippen LogP contribution in [0.5, 0.6) is 0 Å². The lowest BCUT2D eigenvalue weighted by Crippen LogP contribution is -2.48. The number of benzene rings is 1. The van der Waals surface area contributed by atoms with Crippen LogP contribution in [0.15, 0.2) is 28.7 Å². The summed E-state index contributed by atoms with van der Waals surface area (Å²) in [6, 6.07) is 6.81. The summed E-state index contributed by atoms with van der Waals surface area (Å²) in [7, 11) is 0. The molecule has 0 unspecified atom stereocenters. The fourth-order valence-electron chi connectivity index (χ4n) is 3.02. The maximum Gasteiger partial charge on any atom is 0.410 e. The summed E-state index contributed by atoms with van der Waals surface area (Å²) in [6.45, 7) is 8.12. The molecule has 0 saturated carbocycles.